The van der Waals surface area contributed by atoms with E-state index in [-0.39, 0.29) is 24.4 Å². The molecule has 0 aromatic carbocycles. The Morgan fingerprint density at radius 2 is 2.33 bits per heavy atom. The minimum Gasteiger partial charge on any atom is -0.469 e. The molecule has 5 nitrogen and oxygen atoms in total. The number of piperazine rings is 1. The summed E-state index contributed by atoms with van der Waals surface area (Å²) in [5.74, 6) is 0.803. The number of furan rings is 1. The van der Waals surface area contributed by atoms with Gasteiger partial charge < -0.3 is 14.6 Å². The van der Waals surface area contributed by atoms with Gasteiger partial charge in [-0.05, 0) is 32.4 Å². The first-order valence-corrected chi connectivity index (χ1v) is 6.20. The SMILES string of the molecule is CC1NC(=O)CN(C(C)CCc2ccco2)C1=O. The molecule has 2 atom stereocenters. The predicted molar refractivity (Wildman–Crippen MR) is 65.8 cm³/mol. The largest absolute Gasteiger partial charge is 0.469 e. The van der Waals surface area contributed by atoms with E-state index in [2.05, 4.69) is 5.32 Å². The maximum atomic E-state index is 12.0. The van der Waals surface area contributed by atoms with Crippen LogP contribution < -0.4 is 5.32 Å². The topological polar surface area (TPSA) is 62.6 Å². The summed E-state index contributed by atoms with van der Waals surface area (Å²) in [4.78, 5) is 25.0. The van der Waals surface area contributed by atoms with E-state index < -0.39 is 6.04 Å². The highest BCUT2D eigenvalue weighted by Crippen LogP contribution is 2.13. The van der Waals surface area contributed by atoms with Crippen molar-refractivity contribution >= 4 is 11.8 Å². The van der Waals surface area contributed by atoms with Crippen molar-refractivity contribution < 1.29 is 14.0 Å². The van der Waals surface area contributed by atoms with Crippen molar-refractivity contribution in [2.75, 3.05) is 6.54 Å². The van der Waals surface area contributed by atoms with Gasteiger partial charge in [-0.3, -0.25) is 9.59 Å². The van der Waals surface area contributed by atoms with Gasteiger partial charge in [0.1, 0.15) is 11.8 Å². The predicted octanol–water partition coefficient (Wildman–Crippen LogP) is 0.948. The Bertz CT molecular complexity index is 427. The fraction of sp³-hybridized carbons (Fsp3) is 0.538. The van der Waals surface area contributed by atoms with Crippen LogP contribution in [-0.4, -0.2) is 35.3 Å². The highest BCUT2D eigenvalue weighted by molar-refractivity contribution is 5.94. The van der Waals surface area contributed by atoms with Crippen LogP contribution in [0.25, 0.3) is 0 Å². The Morgan fingerprint density at radius 1 is 1.56 bits per heavy atom. The van der Waals surface area contributed by atoms with E-state index in [1.165, 1.54) is 0 Å². The molecule has 18 heavy (non-hydrogen) atoms. The van der Waals surface area contributed by atoms with Gasteiger partial charge in [-0.1, -0.05) is 0 Å². The minimum atomic E-state index is -0.419. The van der Waals surface area contributed by atoms with Gasteiger partial charge in [0.05, 0.1) is 12.8 Å². The molecule has 1 aromatic heterocycles. The van der Waals surface area contributed by atoms with Crippen LogP contribution in [-0.2, 0) is 16.0 Å². The van der Waals surface area contributed by atoms with E-state index in [4.69, 9.17) is 4.42 Å². The Labute approximate surface area is 106 Å². The number of rotatable bonds is 4. The van der Waals surface area contributed by atoms with E-state index in [1.807, 2.05) is 19.1 Å². The third-order valence-corrected chi connectivity index (χ3v) is 3.27. The van der Waals surface area contributed by atoms with Crippen molar-refractivity contribution in [3.05, 3.63) is 24.2 Å². The lowest BCUT2D eigenvalue weighted by atomic mass is 10.1. The van der Waals surface area contributed by atoms with E-state index in [9.17, 15) is 9.59 Å². The number of nitrogens with one attached hydrogen (secondary N) is 1. The fourth-order valence-corrected chi connectivity index (χ4v) is 2.17. The van der Waals surface area contributed by atoms with Crippen LogP contribution in [0.3, 0.4) is 0 Å². The third kappa shape index (κ3) is 2.72. The summed E-state index contributed by atoms with van der Waals surface area (Å²) < 4.78 is 5.26. The van der Waals surface area contributed by atoms with E-state index >= 15 is 0 Å². The zero-order valence-corrected chi connectivity index (χ0v) is 10.7. The van der Waals surface area contributed by atoms with Gasteiger partial charge in [-0.2, -0.15) is 0 Å². The molecule has 1 aromatic rings. The van der Waals surface area contributed by atoms with Gasteiger partial charge in [0.25, 0.3) is 0 Å². The number of carbonyl (C=O) groups excluding carboxylic acids is 2. The van der Waals surface area contributed by atoms with Gasteiger partial charge in [-0.25, -0.2) is 0 Å². The maximum Gasteiger partial charge on any atom is 0.245 e. The average molecular weight is 250 g/mol. The van der Waals surface area contributed by atoms with Crippen molar-refractivity contribution in [3.8, 4) is 0 Å². The summed E-state index contributed by atoms with van der Waals surface area (Å²) >= 11 is 0. The Hall–Kier alpha value is -1.78. The third-order valence-electron chi connectivity index (χ3n) is 3.27. The van der Waals surface area contributed by atoms with Crippen molar-refractivity contribution in [2.45, 2.75) is 38.8 Å². The van der Waals surface area contributed by atoms with Crippen molar-refractivity contribution in [2.24, 2.45) is 0 Å². The Kier molecular flexibility index (Phi) is 3.69. The number of aryl methyl sites for hydroxylation is 1. The van der Waals surface area contributed by atoms with Crippen molar-refractivity contribution in [1.29, 1.82) is 0 Å². The summed E-state index contributed by atoms with van der Waals surface area (Å²) in [6.07, 6.45) is 3.20. The molecule has 2 rings (SSSR count). The number of carbonyl (C=O) groups is 2. The van der Waals surface area contributed by atoms with Crippen LogP contribution in [0.2, 0.25) is 0 Å². The van der Waals surface area contributed by atoms with Crippen LogP contribution in [0.15, 0.2) is 22.8 Å². The number of hydrogen-bond acceptors (Lipinski definition) is 3. The number of hydrogen-bond donors (Lipinski definition) is 1. The van der Waals surface area contributed by atoms with E-state index in [0.29, 0.717) is 0 Å². The maximum absolute atomic E-state index is 12.0. The number of nitrogens with zero attached hydrogens (tertiary/aromatic N) is 1. The molecule has 0 bridgehead atoms. The van der Waals surface area contributed by atoms with Crippen LogP contribution >= 0.6 is 0 Å². The molecule has 1 aliphatic heterocycles. The summed E-state index contributed by atoms with van der Waals surface area (Å²) in [7, 11) is 0. The summed E-state index contributed by atoms with van der Waals surface area (Å²) in [5.41, 5.74) is 0. The van der Waals surface area contributed by atoms with E-state index in [0.717, 1.165) is 18.6 Å². The minimum absolute atomic E-state index is 0.0125. The monoisotopic (exact) mass is 250 g/mol. The molecular weight excluding hydrogens is 232 g/mol. The van der Waals surface area contributed by atoms with Crippen molar-refractivity contribution in [1.82, 2.24) is 10.2 Å². The molecular formula is C13H18N2O3. The summed E-state index contributed by atoms with van der Waals surface area (Å²) in [6.45, 7) is 3.83. The van der Waals surface area contributed by atoms with Gasteiger partial charge >= 0.3 is 0 Å². The molecule has 1 aliphatic rings. The molecule has 5 heteroatoms. The van der Waals surface area contributed by atoms with Gasteiger partial charge in [0.15, 0.2) is 0 Å². The molecule has 2 amide bonds. The second-order valence-corrected chi connectivity index (χ2v) is 4.72. The lowest BCUT2D eigenvalue weighted by Crippen LogP contribution is -2.59. The quantitative estimate of drug-likeness (QED) is 0.865. The molecule has 0 radical (unpaired) electrons. The standard InChI is InChI=1S/C13H18N2O3/c1-9(5-6-11-4-3-7-18-11)15-8-12(16)14-10(2)13(15)17/h3-4,7,9-10H,5-6,8H2,1-2H3,(H,14,16). The van der Waals surface area contributed by atoms with Gasteiger partial charge in [-0.15, -0.1) is 0 Å². The molecule has 0 saturated carbocycles. The van der Waals surface area contributed by atoms with Gasteiger partial charge in [0.2, 0.25) is 11.8 Å². The molecule has 1 fully saturated rings. The second kappa shape index (κ2) is 5.25. The Morgan fingerprint density at radius 3 is 3.00 bits per heavy atom. The van der Waals surface area contributed by atoms with Crippen molar-refractivity contribution in [3.63, 3.8) is 0 Å². The Balaban J connectivity index is 1.93. The lowest BCUT2D eigenvalue weighted by Gasteiger charge is -2.35. The highest BCUT2D eigenvalue weighted by Gasteiger charge is 2.32. The normalized spacial score (nSPS) is 21.9. The van der Waals surface area contributed by atoms with E-state index in [1.54, 1.807) is 18.1 Å². The van der Waals surface area contributed by atoms with Crippen LogP contribution in [0.1, 0.15) is 26.0 Å². The molecule has 2 heterocycles. The zero-order valence-electron chi connectivity index (χ0n) is 10.7. The summed E-state index contributed by atoms with van der Waals surface area (Å²) in [5, 5.41) is 2.63. The number of amides is 2. The first-order valence-electron chi connectivity index (χ1n) is 6.20. The summed E-state index contributed by atoms with van der Waals surface area (Å²) in [6, 6.07) is 3.38. The molecule has 1 saturated heterocycles. The van der Waals surface area contributed by atoms with Gasteiger partial charge in [0, 0.05) is 12.5 Å². The molecule has 0 aliphatic carbocycles. The zero-order chi connectivity index (χ0) is 13.1. The molecule has 0 spiro atoms. The lowest BCUT2D eigenvalue weighted by molar-refractivity contribution is -0.145. The fourth-order valence-electron chi connectivity index (χ4n) is 2.17. The smallest absolute Gasteiger partial charge is 0.245 e. The first-order chi connectivity index (χ1) is 8.58. The van der Waals surface area contributed by atoms with Crippen LogP contribution in [0, 0.1) is 0 Å². The highest BCUT2D eigenvalue weighted by atomic mass is 16.3. The second-order valence-electron chi connectivity index (χ2n) is 4.72. The average Bonchev–Trinajstić information content (AvgIpc) is 2.83. The first kappa shape index (κ1) is 12.7. The van der Waals surface area contributed by atoms with Crippen LogP contribution in [0.4, 0.5) is 0 Å². The van der Waals surface area contributed by atoms with Crippen LogP contribution in [0.5, 0.6) is 0 Å². The molecule has 2 unspecified atom stereocenters. The molecule has 98 valence electrons. The molecule has 1 N–H and O–H groups in total.